The van der Waals surface area contributed by atoms with Gasteiger partial charge < -0.3 is 52.1 Å². The summed E-state index contributed by atoms with van der Waals surface area (Å²) < 4.78 is 67.4. The third-order valence-electron chi connectivity index (χ3n) is 9.08. The number of benzene rings is 3. The Kier molecular flexibility index (Phi) is 12.7. The third-order valence-corrected chi connectivity index (χ3v) is 9.08. The standard InChI is InChI=1S/C39H46O13/c1-39(2)51-30-28(46-22-25-17-11-7-12-18-25)31(35(40)42-3)50-38(34(30)52-39)48-29-27(45-21-24-15-9-6-10-16-24)33(47-23-26-19-13-8-14-20-26)37(44-5)49-32(29)36(41)43-4/h6-20,27-34,37-38H,21-23H2,1-5H3/t27-,28-,29-,30-,31-,32-,33-,34-,37+,38+/m0/s1. The van der Waals surface area contributed by atoms with Crippen molar-refractivity contribution in [3.05, 3.63) is 108 Å². The molecule has 6 rings (SSSR count). The molecule has 0 radical (unpaired) electrons. The number of hydrogen-bond donors (Lipinski definition) is 0. The molecule has 0 N–H and O–H groups in total. The number of carbonyl (C=O) groups is 2. The molecule has 3 aliphatic rings. The highest BCUT2D eigenvalue weighted by molar-refractivity contribution is 5.76. The van der Waals surface area contributed by atoms with E-state index < -0.39 is 79.1 Å². The molecule has 0 saturated carbocycles. The summed E-state index contributed by atoms with van der Waals surface area (Å²) >= 11 is 0. The average molecular weight is 723 g/mol. The van der Waals surface area contributed by atoms with E-state index in [4.69, 9.17) is 52.1 Å². The second kappa shape index (κ2) is 17.4. The van der Waals surface area contributed by atoms with Crippen molar-refractivity contribution in [3.8, 4) is 0 Å². The molecule has 3 aromatic carbocycles. The van der Waals surface area contributed by atoms with Crippen molar-refractivity contribution in [2.24, 2.45) is 0 Å². The smallest absolute Gasteiger partial charge is 0.337 e. The molecule has 10 atom stereocenters. The first-order valence-electron chi connectivity index (χ1n) is 17.2. The lowest BCUT2D eigenvalue weighted by molar-refractivity contribution is -0.353. The van der Waals surface area contributed by atoms with Crippen LogP contribution in [0, 0.1) is 0 Å². The van der Waals surface area contributed by atoms with Crippen LogP contribution in [-0.2, 0) is 81.5 Å². The molecular weight excluding hydrogens is 676 g/mol. The van der Waals surface area contributed by atoms with E-state index >= 15 is 0 Å². The fraction of sp³-hybridized carbons (Fsp3) is 0.487. The Balaban J connectivity index is 1.34. The Morgan fingerprint density at radius 2 is 0.981 bits per heavy atom. The molecule has 0 amide bonds. The summed E-state index contributed by atoms with van der Waals surface area (Å²) in [7, 11) is 3.95. The highest BCUT2D eigenvalue weighted by atomic mass is 16.8. The number of carbonyl (C=O) groups excluding carboxylic acids is 2. The summed E-state index contributed by atoms with van der Waals surface area (Å²) in [6.07, 6.45) is -10.8. The monoisotopic (exact) mass is 722 g/mol. The van der Waals surface area contributed by atoms with Crippen LogP contribution in [0.25, 0.3) is 0 Å². The van der Waals surface area contributed by atoms with Crippen LogP contribution >= 0.6 is 0 Å². The fourth-order valence-corrected chi connectivity index (χ4v) is 6.63. The van der Waals surface area contributed by atoms with Gasteiger partial charge in [-0.15, -0.1) is 0 Å². The number of rotatable bonds is 14. The Morgan fingerprint density at radius 3 is 1.46 bits per heavy atom. The summed E-state index contributed by atoms with van der Waals surface area (Å²) in [5, 5.41) is 0. The summed E-state index contributed by atoms with van der Waals surface area (Å²) in [6.45, 7) is 3.96. The Labute approximate surface area is 303 Å². The molecule has 3 aliphatic heterocycles. The minimum absolute atomic E-state index is 0.130. The van der Waals surface area contributed by atoms with E-state index in [1.807, 2.05) is 91.0 Å². The lowest BCUT2D eigenvalue weighted by atomic mass is 9.96. The summed E-state index contributed by atoms with van der Waals surface area (Å²) in [6, 6.07) is 28.6. The highest BCUT2D eigenvalue weighted by Crippen LogP contribution is 2.41. The van der Waals surface area contributed by atoms with Crippen LogP contribution < -0.4 is 0 Å². The fourth-order valence-electron chi connectivity index (χ4n) is 6.63. The zero-order chi connectivity index (χ0) is 36.7. The van der Waals surface area contributed by atoms with Gasteiger partial charge in [-0.2, -0.15) is 0 Å². The van der Waals surface area contributed by atoms with Gasteiger partial charge in [0.1, 0.15) is 36.6 Å². The predicted octanol–water partition coefficient (Wildman–Crippen LogP) is 4.09. The molecule has 0 aromatic heterocycles. The summed E-state index contributed by atoms with van der Waals surface area (Å²) in [4.78, 5) is 26.8. The van der Waals surface area contributed by atoms with Crippen molar-refractivity contribution in [1.82, 2.24) is 0 Å². The molecule has 0 aliphatic carbocycles. The van der Waals surface area contributed by atoms with E-state index in [1.165, 1.54) is 21.3 Å². The number of hydrogen-bond acceptors (Lipinski definition) is 13. The lowest BCUT2D eigenvalue weighted by Crippen LogP contribution is -2.66. The SMILES string of the molecule is COC(=O)[C@H]1O[C@@H](O[C@H]2[C@H](OCc3ccccc3)[C@H](OCc3ccccc3)[C@H](OC)O[C@@H]2C(=O)OC)[C@H]2OC(C)(C)O[C@H]2[C@@H]1OCc1ccccc1. The van der Waals surface area contributed by atoms with Gasteiger partial charge in [0.2, 0.25) is 0 Å². The van der Waals surface area contributed by atoms with Gasteiger partial charge in [0.25, 0.3) is 0 Å². The molecule has 3 fully saturated rings. The van der Waals surface area contributed by atoms with E-state index in [-0.39, 0.29) is 19.8 Å². The van der Waals surface area contributed by atoms with E-state index in [2.05, 4.69) is 0 Å². The molecule has 280 valence electrons. The minimum Gasteiger partial charge on any atom is -0.467 e. The molecule has 0 spiro atoms. The van der Waals surface area contributed by atoms with Gasteiger partial charge in [0.05, 0.1) is 34.0 Å². The van der Waals surface area contributed by atoms with Crippen molar-refractivity contribution >= 4 is 11.9 Å². The van der Waals surface area contributed by atoms with Crippen LogP contribution in [0.1, 0.15) is 30.5 Å². The summed E-state index contributed by atoms with van der Waals surface area (Å²) in [5.74, 6) is -2.56. The van der Waals surface area contributed by atoms with Gasteiger partial charge >= 0.3 is 11.9 Å². The second-order valence-electron chi connectivity index (χ2n) is 13.1. The largest absolute Gasteiger partial charge is 0.467 e. The maximum atomic E-state index is 13.4. The first kappa shape index (κ1) is 38.0. The molecule has 0 unspecified atom stereocenters. The van der Waals surface area contributed by atoms with E-state index in [0.717, 1.165) is 16.7 Å². The van der Waals surface area contributed by atoms with Gasteiger partial charge in [-0.3, -0.25) is 0 Å². The van der Waals surface area contributed by atoms with Gasteiger partial charge in [-0.05, 0) is 30.5 Å². The zero-order valence-corrected chi connectivity index (χ0v) is 29.9. The quantitative estimate of drug-likeness (QED) is 0.221. The minimum atomic E-state index is -1.37. The van der Waals surface area contributed by atoms with Crippen LogP contribution in [0.2, 0.25) is 0 Å². The molecule has 3 aromatic rings. The van der Waals surface area contributed by atoms with Crippen LogP contribution in [-0.4, -0.2) is 100 Å². The molecule has 0 bridgehead atoms. The van der Waals surface area contributed by atoms with Crippen molar-refractivity contribution in [2.45, 2.75) is 101 Å². The zero-order valence-electron chi connectivity index (χ0n) is 29.9. The van der Waals surface area contributed by atoms with Gasteiger partial charge in [-0.1, -0.05) is 91.0 Å². The highest BCUT2D eigenvalue weighted by Gasteiger charge is 2.61. The van der Waals surface area contributed by atoms with Crippen molar-refractivity contribution < 1.29 is 61.7 Å². The van der Waals surface area contributed by atoms with Gasteiger partial charge in [0, 0.05) is 7.11 Å². The molecule has 3 saturated heterocycles. The molecule has 13 heteroatoms. The Bertz CT molecular complexity index is 1570. The van der Waals surface area contributed by atoms with Crippen LogP contribution in [0.15, 0.2) is 91.0 Å². The molecular formula is C39H46O13. The predicted molar refractivity (Wildman–Crippen MR) is 182 cm³/mol. The van der Waals surface area contributed by atoms with Crippen LogP contribution in [0.5, 0.6) is 0 Å². The number of esters is 2. The Morgan fingerprint density at radius 1 is 0.558 bits per heavy atom. The van der Waals surface area contributed by atoms with Crippen molar-refractivity contribution in [2.75, 3.05) is 21.3 Å². The van der Waals surface area contributed by atoms with Crippen molar-refractivity contribution in [1.29, 1.82) is 0 Å². The van der Waals surface area contributed by atoms with Crippen LogP contribution in [0.4, 0.5) is 0 Å². The first-order chi connectivity index (χ1) is 25.2. The topological polar surface area (TPSA) is 136 Å². The lowest BCUT2D eigenvalue weighted by Gasteiger charge is -2.47. The first-order valence-corrected chi connectivity index (χ1v) is 17.2. The number of methoxy groups -OCH3 is 3. The van der Waals surface area contributed by atoms with E-state index in [0.29, 0.717) is 0 Å². The van der Waals surface area contributed by atoms with Gasteiger partial charge in [0.15, 0.2) is 30.6 Å². The molecule has 52 heavy (non-hydrogen) atoms. The second-order valence-corrected chi connectivity index (χ2v) is 13.1. The maximum Gasteiger partial charge on any atom is 0.337 e. The summed E-state index contributed by atoms with van der Waals surface area (Å²) in [5.41, 5.74) is 2.64. The molecule has 13 nitrogen and oxygen atoms in total. The van der Waals surface area contributed by atoms with Gasteiger partial charge in [-0.25, -0.2) is 9.59 Å². The van der Waals surface area contributed by atoms with E-state index in [1.54, 1.807) is 13.8 Å². The average Bonchev–Trinajstić information content (AvgIpc) is 3.51. The normalized spacial score (nSPS) is 31.0. The number of ether oxygens (including phenoxy) is 11. The maximum absolute atomic E-state index is 13.4. The number of fused-ring (bicyclic) bond motifs is 1. The molecule has 3 heterocycles. The van der Waals surface area contributed by atoms with E-state index in [9.17, 15) is 9.59 Å². The Hall–Kier alpha value is -3.76. The third kappa shape index (κ3) is 8.88. The van der Waals surface area contributed by atoms with Crippen LogP contribution in [0.3, 0.4) is 0 Å². The van der Waals surface area contributed by atoms with Crippen molar-refractivity contribution in [3.63, 3.8) is 0 Å².